The van der Waals surface area contributed by atoms with Crippen molar-refractivity contribution in [1.29, 1.82) is 0 Å². The number of carbonyl (C=O) groups is 2. The summed E-state index contributed by atoms with van der Waals surface area (Å²) in [7, 11) is 0. The van der Waals surface area contributed by atoms with Crippen LogP contribution in [0.3, 0.4) is 0 Å². The molecular weight excluding hydrogens is 375 g/mol. The van der Waals surface area contributed by atoms with Crippen molar-refractivity contribution in [3.8, 4) is 0 Å². The van der Waals surface area contributed by atoms with Crippen LogP contribution < -0.4 is 10.6 Å². The van der Waals surface area contributed by atoms with Gasteiger partial charge in [-0.15, -0.1) is 0 Å². The zero-order valence-corrected chi connectivity index (χ0v) is 14.6. The number of hydrogen-bond donors (Lipinski definition) is 2. The minimum atomic E-state index is -1.06. The van der Waals surface area contributed by atoms with Crippen molar-refractivity contribution in [3.05, 3.63) is 64.5 Å². The summed E-state index contributed by atoms with van der Waals surface area (Å²) in [5.74, 6) is -2.98. The number of halogens is 3. The Morgan fingerprint density at radius 3 is 2.89 bits per heavy atom. The predicted octanol–water partition coefficient (Wildman–Crippen LogP) is 2.84. The first-order valence-electron chi connectivity index (χ1n) is 8.60. The van der Waals surface area contributed by atoms with E-state index in [1.54, 1.807) is 6.07 Å². The van der Waals surface area contributed by atoms with Gasteiger partial charge in [-0.3, -0.25) is 4.79 Å². The van der Waals surface area contributed by atoms with Crippen LogP contribution in [0.15, 0.2) is 30.3 Å². The second-order valence-electron chi connectivity index (χ2n) is 6.65. The normalized spacial score (nSPS) is 18.2. The van der Waals surface area contributed by atoms with E-state index < -0.39 is 35.4 Å². The summed E-state index contributed by atoms with van der Waals surface area (Å²) in [5, 5.41) is 5.18. The summed E-state index contributed by atoms with van der Waals surface area (Å²) in [4.78, 5) is 25.7. The molecule has 9 heteroatoms. The van der Waals surface area contributed by atoms with E-state index in [1.807, 2.05) is 0 Å². The molecule has 0 aliphatic carbocycles. The van der Waals surface area contributed by atoms with Gasteiger partial charge >= 0.3 is 6.03 Å². The Labute approximate surface area is 158 Å². The van der Waals surface area contributed by atoms with Crippen LogP contribution in [0, 0.1) is 17.5 Å². The number of benzene rings is 2. The first kappa shape index (κ1) is 18.3. The molecule has 6 nitrogen and oxygen atoms in total. The Balaban J connectivity index is 1.46. The molecule has 2 aliphatic heterocycles. The molecule has 146 valence electrons. The van der Waals surface area contributed by atoms with E-state index in [2.05, 4.69) is 10.6 Å². The first-order chi connectivity index (χ1) is 13.4. The maximum absolute atomic E-state index is 14.0. The Bertz CT molecular complexity index is 967. The molecule has 1 atom stereocenters. The molecule has 2 aromatic carbocycles. The lowest BCUT2D eigenvalue weighted by Crippen LogP contribution is -2.46. The van der Waals surface area contributed by atoms with Crippen LogP contribution in [0.2, 0.25) is 0 Å². The van der Waals surface area contributed by atoms with E-state index in [4.69, 9.17) is 4.74 Å². The van der Waals surface area contributed by atoms with E-state index in [1.165, 1.54) is 18.2 Å². The van der Waals surface area contributed by atoms with Gasteiger partial charge in [-0.05, 0) is 35.4 Å². The van der Waals surface area contributed by atoms with Crippen LogP contribution in [0.4, 0.5) is 23.7 Å². The fourth-order valence-electron chi connectivity index (χ4n) is 3.40. The zero-order chi connectivity index (χ0) is 19.8. The van der Waals surface area contributed by atoms with Crippen LogP contribution in [0.5, 0.6) is 0 Å². The van der Waals surface area contributed by atoms with E-state index >= 15 is 0 Å². The summed E-state index contributed by atoms with van der Waals surface area (Å²) >= 11 is 0. The number of nitrogens with one attached hydrogen (secondary N) is 2. The predicted molar refractivity (Wildman–Crippen MR) is 92.7 cm³/mol. The Kier molecular flexibility index (Phi) is 4.68. The molecule has 0 saturated carbocycles. The number of urea groups is 1. The molecule has 0 saturated heterocycles. The van der Waals surface area contributed by atoms with Gasteiger partial charge in [-0.2, -0.15) is 0 Å². The lowest BCUT2D eigenvalue weighted by molar-refractivity contribution is -0.123. The van der Waals surface area contributed by atoms with Crippen LogP contribution >= 0.6 is 0 Å². The molecule has 0 fully saturated rings. The van der Waals surface area contributed by atoms with Gasteiger partial charge in [0, 0.05) is 5.56 Å². The van der Waals surface area contributed by atoms with Crippen LogP contribution in [-0.2, 0) is 22.7 Å². The van der Waals surface area contributed by atoms with Crippen molar-refractivity contribution in [2.45, 2.75) is 19.2 Å². The minimum absolute atomic E-state index is 0.0192. The number of hydrogen-bond acceptors (Lipinski definition) is 3. The molecule has 3 amide bonds. The largest absolute Gasteiger partial charge is 0.374 e. The van der Waals surface area contributed by atoms with Crippen molar-refractivity contribution in [3.63, 3.8) is 0 Å². The minimum Gasteiger partial charge on any atom is -0.374 e. The van der Waals surface area contributed by atoms with Crippen LogP contribution in [0.25, 0.3) is 0 Å². The number of amides is 3. The molecule has 0 radical (unpaired) electrons. The van der Waals surface area contributed by atoms with E-state index in [0.717, 1.165) is 16.5 Å². The highest BCUT2D eigenvalue weighted by atomic mass is 19.2. The topological polar surface area (TPSA) is 70.7 Å². The third-order valence-electron chi connectivity index (χ3n) is 4.77. The van der Waals surface area contributed by atoms with E-state index in [9.17, 15) is 22.8 Å². The standard InChI is InChI=1S/C19H16F3N3O3/c20-11-1-2-12-10(5-11)8-28-9-16(12)23-17(26)7-25-6-13-15(24-19(25)27)4-3-14(21)18(13)22/h1-5,16H,6-9H2,(H,23,26)(H,24,27)/t16-/m0/s1. The SMILES string of the molecule is O=C(CN1Cc2c(ccc(F)c2F)NC1=O)N[C@H]1COCc2cc(F)ccc21. The molecule has 0 aromatic heterocycles. The average Bonchev–Trinajstić information content (AvgIpc) is 2.66. The van der Waals surface area contributed by atoms with Gasteiger partial charge < -0.3 is 20.3 Å². The average molecular weight is 391 g/mol. The molecular formula is C19H16F3N3O3. The molecule has 0 unspecified atom stereocenters. The van der Waals surface area contributed by atoms with Gasteiger partial charge in [-0.1, -0.05) is 6.07 Å². The highest BCUT2D eigenvalue weighted by Crippen LogP contribution is 2.28. The zero-order valence-electron chi connectivity index (χ0n) is 14.6. The number of nitrogens with zero attached hydrogens (tertiary/aromatic N) is 1. The molecule has 0 bridgehead atoms. The third kappa shape index (κ3) is 3.40. The second kappa shape index (κ2) is 7.16. The quantitative estimate of drug-likeness (QED) is 0.845. The molecule has 2 heterocycles. The molecule has 28 heavy (non-hydrogen) atoms. The van der Waals surface area contributed by atoms with Gasteiger partial charge in [0.05, 0.1) is 31.5 Å². The summed E-state index contributed by atoms with van der Waals surface area (Å²) < 4.78 is 46.2. The van der Waals surface area contributed by atoms with Gasteiger partial charge in [0.2, 0.25) is 5.91 Å². The molecule has 0 spiro atoms. The third-order valence-corrected chi connectivity index (χ3v) is 4.77. The summed E-state index contributed by atoms with van der Waals surface area (Å²) in [6.07, 6.45) is 0. The van der Waals surface area contributed by atoms with Crippen LogP contribution in [-0.4, -0.2) is 30.0 Å². The van der Waals surface area contributed by atoms with Crippen molar-refractivity contribution in [1.82, 2.24) is 10.2 Å². The van der Waals surface area contributed by atoms with Crippen molar-refractivity contribution in [2.24, 2.45) is 0 Å². The number of fused-ring (bicyclic) bond motifs is 2. The fourth-order valence-corrected chi connectivity index (χ4v) is 3.40. The van der Waals surface area contributed by atoms with Gasteiger partial charge in [0.15, 0.2) is 11.6 Å². The Morgan fingerprint density at radius 1 is 1.25 bits per heavy atom. The summed E-state index contributed by atoms with van der Waals surface area (Å²) in [5.41, 5.74) is 1.53. The highest BCUT2D eigenvalue weighted by molar-refractivity contribution is 5.95. The monoisotopic (exact) mass is 391 g/mol. The van der Waals surface area contributed by atoms with Crippen molar-refractivity contribution in [2.75, 3.05) is 18.5 Å². The molecule has 2 aliphatic rings. The van der Waals surface area contributed by atoms with Gasteiger partial charge in [-0.25, -0.2) is 18.0 Å². The summed E-state index contributed by atoms with van der Waals surface area (Å²) in [6, 6.07) is 5.36. The Hall–Kier alpha value is -3.07. The number of carbonyl (C=O) groups excluding carboxylic acids is 2. The van der Waals surface area contributed by atoms with Crippen LogP contribution in [0.1, 0.15) is 22.7 Å². The number of ether oxygens (including phenoxy) is 1. The first-order valence-corrected chi connectivity index (χ1v) is 8.60. The summed E-state index contributed by atoms with van der Waals surface area (Å²) in [6.45, 7) is -0.135. The molecule has 2 aromatic rings. The van der Waals surface area contributed by atoms with Crippen molar-refractivity contribution >= 4 is 17.6 Å². The highest BCUT2D eigenvalue weighted by Gasteiger charge is 2.29. The van der Waals surface area contributed by atoms with E-state index in [0.29, 0.717) is 5.56 Å². The smallest absolute Gasteiger partial charge is 0.322 e. The maximum Gasteiger partial charge on any atom is 0.322 e. The second-order valence-corrected chi connectivity index (χ2v) is 6.65. The number of rotatable bonds is 3. The molecule has 4 rings (SSSR count). The molecule has 2 N–H and O–H groups in total. The van der Waals surface area contributed by atoms with Gasteiger partial charge in [0.1, 0.15) is 12.4 Å². The lowest BCUT2D eigenvalue weighted by atomic mass is 9.99. The Morgan fingerprint density at radius 2 is 2.07 bits per heavy atom. The lowest BCUT2D eigenvalue weighted by Gasteiger charge is -2.31. The van der Waals surface area contributed by atoms with Crippen molar-refractivity contribution < 1.29 is 27.5 Å². The maximum atomic E-state index is 14.0. The number of anilines is 1. The van der Waals surface area contributed by atoms with Gasteiger partial charge in [0.25, 0.3) is 0 Å². The van der Waals surface area contributed by atoms with E-state index in [-0.39, 0.29) is 37.6 Å². The fraction of sp³-hybridized carbons (Fsp3) is 0.263.